The van der Waals surface area contributed by atoms with Gasteiger partial charge in [-0.25, -0.2) is 0 Å². The molecule has 0 saturated heterocycles. The van der Waals surface area contributed by atoms with Crippen LogP contribution >= 0.6 is 0 Å². The molecule has 0 amide bonds. The van der Waals surface area contributed by atoms with E-state index in [9.17, 15) is 19.8 Å². The quantitative estimate of drug-likeness (QED) is 0.0829. The van der Waals surface area contributed by atoms with E-state index in [1.807, 2.05) is 99.3 Å². The molecule has 0 aliphatic rings. The van der Waals surface area contributed by atoms with E-state index in [-0.39, 0.29) is 29.1 Å². The third-order valence-corrected chi connectivity index (χ3v) is 7.92. The van der Waals surface area contributed by atoms with Crippen molar-refractivity contribution < 1.29 is 19.8 Å². The third kappa shape index (κ3) is 10.7. The van der Waals surface area contributed by atoms with Crippen LogP contribution in [0.3, 0.4) is 0 Å². The minimum atomic E-state index is -0.275. The summed E-state index contributed by atoms with van der Waals surface area (Å²) in [5.74, 6) is 1.46. The number of carbonyl (C=O) groups excluding carboxylic acids is 2. The summed E-state index contributed by atoms with van der Waals surface area (Å²) in [4.78, 5) is 43.6. The Labute approximate surface area is 284 Å². The molecule has 10 heteroatoms. The fraction of sp³-hybridized carbons (Fsp3) is 0.342. The predicted octanol–water partition coefficient (Wildman–Crippen LogP) is 7.19. The number of phenols is 2. The first-order valence-electron chi connectivity index (χ1n) is 16.3. The molecule has 2 N–H and O–H groups in total. The van der Waals surface area contributed by atoms with E-state index in [0.717, 1.165) is 17.5 Å². The maximum absolute atomic E-state index is 12.3. The Balaban J connectivity index is 1.91. The summed E-state index contributed by atoms with van der Waals surface area (Å²) >= 11 is 0. The number of hydrogen-bond donors (Lipinski definition) is 2. The van der Waals surface area contributed by atoms with Crippen LogP contribution in [0, 0.1) is 0 Å². The number of likely N-dealkylation sites (N-methyl/N-ethyl adjacent to an activating group) is 1. The molecule has 10 nitrogen and oxygen atoms in total. The summed E-state index contributed by atoms with van der Waals surface area (Å²) in [6.45, 7) is 6.18. The fourth-order valence-electron chi connectivity index (χ4n) is 4.81. The summed E-state index contributed by atoms with van der Waals surface area (Å²) in [7, 11) is 5.49. The number of phenolic OH excluding ortho intramolecular Hbond substituents is 2. The van der Waals surface area contributed by atoms with Gasteiger partial charge in [0.2, 0.25) is 17.8 Å². The third-order valence-electron chi connectivity index (χ3n) is 7.92. The number of para-hydroxylation sites is 2. The smallest absolute Gasteiger partial charge is 0.236 e. The Morgan fingerprint density at radius 1 is 0.854 bits per heavy atom. The van der Waals surface area contributed by atoms with Crippen LogP contribution in [0.15, 0.2) is 91.1 Å². The molecule has 0 aliphatic heterocycles. The van der Waals surface area contributed by atoms with E-state index in [4.69, 9.17) is 15.0 Å². The Hall–Kier alpha value is -5.25. The van der Waals surface area contributed by atoms with Gasteiger partial charge in [-0.3, -0.25) is 9.59 Å². The molecule has 0 aliphatic carbocycles. The van der Waals surface area contributed by atoms with Gasteiger partial charge in [0.25, 0.3) is 0 Å². The molecule has 0 spiro atoms. The number of anilines is 4. The maximum Gasteiger partial charge on any atom is 0.236 e. The van der Waals surface area contributed by atoms with Crippen molar-refractivity contribution in [2.75, 3.05) is 42.4 Å². The Kier molecular flexibility index (Phi) is 14.6. The summed E-state index contributed by atoms with van der Waals surface area (Å²) in [5.41, 5.74) is 1.96. The number of aryl methyl sites for hydroxylation is 1. The topological polar surface area (TPSA) is 123 Å². The molecule has 1 unspecified atom stereocenters. The Morgan fingerprint density at radius 2 is 1.58 bits per heavy atom. The van der Waals surface area contributed by atoms with Crippen molar-refractivity contribution in [3.05, 3.63) is 102 Å². The predicted molar refractivity (Wildman–Crippen MR) is 194 cm³/mol. The fourth-order valence-corrected chi connectivity index (χ4v) is 4.81. The van der Waals surface area contributed by atoms with Crippen LogP contribution in [0.2, 0.25) is 0 Å². The van der Waals surface area contributed by atoms with Crippen LogP contribution in [0.5, 0.6) is 11.5 Å². The molecule has 254 valence electrons. The average molecular weight is 653 g/mol. The summed E-state index contributed by atoms with van der Waals surface area (Å²) in [6, 6.07) is 12.4. The zero-order valence-corrected chi connectivity index (χ0v) is 28.9. The highest BCUT2D eigenvalue weighted by Crippen LogP contribution is 2.36. The summed E-state index contributed by atoms with van der Waals surface area (Å²) < 4.78 is 0. The SMILES string of the molecule is CC=CC/C=C\C(=O)CCCc1cccc(N(C)c2nc(N(C)C/C=C\C=C/C(=O)CC)nc(N(C)C(C)c3ccccc3O)n2)c1O. The first-order valence-corrected chi connectivity index (χ1v) is 16.3. The van der Waals surface area contributed by atoms with Crippen LogP contribution in [0.4, 0.5) is 23.5 Å². The lowest BCUT2D eigenvalue weighted by Gasteiger charge is -2.28. The number of aromatic nitrogens is 3. The highest BCUT2D eigenvalue weighted by Gasteiger charge is 2.23. The maximum atomic E-state index is 12.3. The second kappa shape index (κ2) is 18.8. The van der Waals surface area contributed by atoms with Crippen LogP contribution in [-0.2, 0) is 16.0 Å². The van der Waals surface area contributed by atoms with Crippen molar-refractivity contribution in [2.24, 2.45) is 0 Å². The van der Waals surface area contributed by atoms with Crippen LogP contribution < -0.4 is 14.7 Å². The number of ketones is 2. The van der Waals surface area contributed by atoms with E-state index in [0.29, 0.717) is 55.8 Å². The molecule has 2 aromatic carbocycles. The zero-order chi connectivity index (χ0) is 35.1. The molecule has 1 heterocycles. The van der Waals surface area contributed by atoms with E-state index in [1.165, 1.54) is 0 Å². The van der Waals surface area contributed by atoms with Crippen LogP contribution in [0.25, 0.3) is 0 Å². The van der Waals surface area contributed by atoms with Crippen molar-refractivity contribution >= 4 is 35.1 Å². The van der Waals surface area contributed by atoms with Crippen molar-refractivity contribution in [1.82, 2.24) is 15.0 Å². The molecular weight excluding hydrogens is 604 g/mol. The van der Waals surface area contributed by atoms with Gasteiger partial charge in [-0.15, -0.1) is 0 Å². The summed E-state index contributed by atoms with van der Waals surface area (Å²) in [6.07, 6.45) is 17.1. The number of hydrogen-bond acceptors (Lipinski definition) is 10. The van der Waals surface area contributed by atoms with Crippen molar-refractivity contribution in [3.8, 4) is 11.5 Å². The van der Waals surface area contributed by atoms with Gasteiger partial charge in [-0.1, -0.05) is 73.7 Å². The van der Waals surface area contributed by atoms with Gasteiger partial charge in [0.05, 0.1) is 11.7 Å². The van der Waals surface area contributed by atoms with Gasteiger partial charge in [0.15, 0.2) is 11.6 Å². The summed E-state index contributed by atoms with van der Waals surface area (Å²) in [5, 5.41) is 21.9. The molecule has 0 radical (unpaired) electrons. The van der Waals surface area contributed by atoms with Gasteiger partial charge in [-0.2, -0.15) is 15.0 Å². The lowest BCUT2D eigenvalue weighted by molar-refractivity contribution is -0.115. The normalized spacial score (nSPS) is 12.4. The van der Waals surface area contributed by atoms with Crippen molar-refractivity contribution in [3.63, 3.8) is 0 Å². The number of rotatable bonds is 18. The Morgan fingerprint density at radius 3 is 2.31 bits per heavy atom. The first kappa shape index (κ1) is 37.2. The monoisotopic (exact) mass is 652 g/mol. The minimum absolute atomic E-state index is 0.0537. The molecule has 1 atom stereocenters. The molecule has 0 saturated carbocycles. The molecule has 3 aromatic rings. The molecule has 1 aromatic heterocycles. The second-order valence-electron chi connectivity index (χ2n) is 11.4. The molecule has 48 heavy (non-hydrogen) atoms. The number of nitrogens with zero attached hydrogens (tertiary/aromatic N) is 6. The minimum Gasteiger partial charge on any atom is -0.508 e. The van der Waals surface area contributed by atoms with Gasteiger partial charge >= 0.3 is 0 Å². The molecule has 3 rings (SSSR count). The van der Waals surface area contributed by atoms with E-state index < -0.39 is 0 Å². The molecule has 0 bridgehead atoms. The van der Waals surface area contributed by atoms with Gasteiger partial charge in [0.1, 0.15) is 11.5 Å². The highest BCUT2D eigenvalue weighted by molar-refractivity contribution is 5.90. The standard InChI is InChI=1S/C38H48N6O4/c1-7-9-10-12-22-31(46)23-17-19-29-20-18-25-33(35(29)48)44(6)38-40-36(42(4)27-16-11-13-21-30(45)8-2)39-37(41-38)43(5)28(3)32-24-14-15-26-34(32)47/h7,9,11-16,18,20-22,24-26,28,47-48H,8,10,17,19,23,27H2,1-6H3/b9-7?,16-11-,21-13-,22-12-. The second-order valence-corrected chi connectivity index (χ2v) is 11.4. The van der Waals surface area contributed by atoms with Crippen LogP contribution in [-0.4, -0.2) is 64.4 Å². The van der Waals surface area contributed by atoms with E-state index >= 15 is 0 Å². The number of carbonyl (C=O) groups is 2. The van der Waals surface area contributed by atoms with E-state index in [1.54, 1.807) is 48.4 Å². The van der Waals surface area contributed by atoms with Gasteiger partial charge < -0.3 is 24.9 Å². The van der Waals surface area contributed by atoms with Crippen LogP contribution in [0.1, 0.15) is 63.6 Å². The number of allylic oxidation sites excluding steroid dienone is 7. The zero-order valence-electron chi connectivity index (χ0n) is 28.9. The largest absolute Gasteiger partial charge is 0.508 e. The lowest BCUT2D eigenvalue weighted by atomic mass is 10.0. The lowest BCUT2D eigenvalue weighted by Crippen LogP contribution is -2.28. The van der Waals surface area contributed by atoms with Gasteiger partial charge in [0, 0.05) is 46.1 Å². The number of benzene rings is 2. The Bertz CT molecular complexity index is 1650. The van der Waals surface area contributed by atoms with Crippen molar-refractivity contribution in [1.29, 1.82) is 0 Å². The molecule has 0 fully saturated rings. The van der Waals surface area contributed by atoms with Gasteiger partial charge in [-0.05, 0) is 63.0 Å². The first-order chi connectivity index (χ1) is 23.1. The number of aromatic hydroxyl groups is 2. The molecular formula is C38H48N6O4. The van der Waals surface area contributed by atoms with Crippen molar-refractivity contribution in [2.45, 2.75) is 58.9 Å². The average Bonchev–Trinajstić information content (AvgIpc) is 3.09. The van der Waals surface area contributed by atoms with E-state index in [2.05, 4.69) is 0 Å². The highest BCUT2D eigenvalue weighted by atomic mass is 16.3.